The smallest absolute Gasteiger partial charge is 0.107 e. The minimum absolute atomic E-state index is 0.330. The number of hydrogen-bond acceptors (Lipinski definition) is 1. The Hall–Kier alpha value is -1.83. The first-order chi connectivity index (χ1) is 10.6. The minimum atomic E-state index is 0.330. The van der Waals surface area contributed by atoms with Crippen LogP contribution in [-0.4, -0.2) is 9.97 Å². The standard InChI is InChI=1S/C20H26N2/c1-4-16-10-11-17-18(14-16)22-19(21-17)9-7-13-20(3)12-6-5-8-15(20)2/h5-6,8,10-11,14H,4,7,9,12-13H2,1-3H3,(H,21,22). The van der Waals surface area contributed by atoms with Crippen LogP contribution < -0.4 is 0 Å². The predicted molar refractivity (Wildman–Crippen MR) is 94.0 cm³/mol. The number of H-pyrrole nitrogens is 1. The van der Waals surface area contributed by atoms with Crippen LogP contribution in [0.1, 0.15) is 51.4 Å². The molecular formula is C20H26N2. The fraction of sp³-hybridized carbons (Fsp3) is 0.450. The molecule has 1 aromatic carbocycles. The zero-order valence-electron chi connectivity index (χ0n) is 13.9. The maximum Gasteiger partial charge on any atom is 0.107 e. The summed E-state index contributed by atoms with van der Waals surface area (Å²) in [5.41, 5.74) is 5.47. The van der Waals surface area contributed by atoms with Crippen LogP contribution in [0.15, 0.2) is 42.0 Å². The summed E-state index contributed by atoms with van der Waals surface area (Å²) in [5, 5.41) is 0. The van der Waals surface area contributed by atoms with E-state index in [9.17, 15) is 0 Å². The van der Waals surface area contributed by atoms with E-state index in [4.69, 9.17) is 4.98 Å². The van der Waals surface area contributed by atoms with E-state index in [-0.39, 0.29) is 0 Å². The van der Waals surface area contributed by atoms with Crippen molar-refractivity contribution in [3.05, 3.63) is 53.4 Å². The second-order valence-electron chi connectivity index (χ2n) is 6.78. The van der Waals surface area contributed by atoms with E-state index in [1.54, 1.807) is 0 Å². The summed E-state index contributed by atoms with van der Waals surface area (Å²) in [7, 11) is 0. The van der Waals surface area contributed by atoms with Gasteiger partial charge >= 0.3 is 0 Å². The van der Waals surface area contributed by atoms with Gasteiger partial charge in [0.15, 0.2) is 0 Å². The van der Waals surface area contributed by atoms with Crippen molar-refractivity contribution >= 4 is 11.0 Å². The van der Waals surface area contributed by atoms with Gasteiger partial charge in [-0.2, -0.15) is 0 Å². The molecule has 3 rings (SSSR count). The molecule has 0 bridgehead atoms. The molecule has 0 aliphatic heterocycles. The molecule has 0 amide bonds. The first-order valence-electron chi connectivity index (χ1n) is 8.42. The van der Waals surface area contributed by atoms with Crippen molar-refractivity contribution in [2.24, 2.45) is 5.41 Å². The highest BCUT2D eigenvalue weighted by Gasteiger charge is 2.25. The number of imidazole rings is 1. The van der Waals surface area contributed by atoms with Crippen LogP contribution in [0.5, 0.6) is 0 Å². The zero-order chi connectivity index (χ0) is 15.6. The first-order valence-corrected chi connectivity index (χ1v) is 8.42. The lowest BCUT2D eigenvalue weighted by atomic mass is 9.73. The van der Waals surface area contributed by atoms with E-state index in [1.165, 1.54) is 29.5 Å². The highest BCUT2D eigenvalue weighted by molar-refractivity contribution is 5.75. The second-order valence-corrected chi connectivity index (χ2v) is 6.78. The molecule has 2 nitrogen and oxygen atoms in total. The van der Waals surface area contributed by atoms with Gasteiger partial charge in [0.25, 0.3) is 0 Å². The van der Waals surface area contributed by atoms with E-state index >= 15 is 0 Å². The Morgan fingerprint density at radius 3 is 2.95 bits per heavy atom. The summed E-state index contributed by atoms with van der Waals surface area (Å²) in [5.74, 6) is 1.12. The van der Waals surface area contributed by atoms with Gasteiger partial charge in [0.2, 0.25) is 0 Å². The van der Waals surface area contributed by atoms with E-state index < -0.39 is 0 Å². The number of allylic oxidation sites excluding steroid dienone is 4. The molecule has 2 aromatic rings. The largest absolute Gasteiger partial charge is 0.342 e. The summed E-state index contributed by atoms with van der Waals surface area (Å²) < 4.78 is 0. The van der Waals surface area contributed by atoms with Crippen molar-refractivity contribution in [2.75, 3.05) is 0 Å². The number of aromatic amines is 1. The van der Waals surface area contributed by atoms with Gasteiger partial charge in [-0.1, -0.05) is 43.7 Å². The summed E-state index contributed by atoms with van der Waals surface area (Å²) in [4.78, 5) is 8.22. The van der Waals surface area contributed by atoms with Crippen molar-refractivity contribution in [3.63, 3.8) is 0 Å². The predicted octanol–water partition coefficient (Wildman–Crippen LogP) is 5.36. The Morgan fingerprint density at radius 2 is 2.18 bits per heavy atom. The Balaban J connectivity index is 1.64. The van der Waals surface area contributed by atoms with Crippen molar-refractivity contribution in [2.45, 2.75) is 52.9 Å². The van der Waals surface area contributed by atoms with Crippen LogP contribution in [0.2, 0.25) is 0 Å². The van der Waals surface area contributed by atoms with Crippen molar-refractivity contribution in [1.82, 2.24) is 9.97 Å². The maximum absolute atomic E-state index is 4.73. The molecule has 1 heterocycles. The lowest BCUT2D eigenvalue weighted by molar-refractivity contribution is 0.353. The molecule has 1 unspecified atom stereocenters. The lowest BCUT2D eigenvalue weighted by Gasteiger charge is -2.31. The molecule has 0 saturated carbocycles. The Bertz CT molecular complexity index is 720. The molecule has 1 aromatic heterocycles. The molecule has 1 aliphatic carbocycles. The van der Waals surface area contributed by atoms with Crippen molar-refractivity contribution < 1.29 is 0 Å². The molecule has 0 radical (unpaired) electrons. The molecule has 0 fully saturated rings. The summed E-state index contributed by atoms with van der Waals surface area (Å²) in [6.45, 7) is 6.83. The Morgan fingerprint density at radius 1 is 1.32 bits per heavy atom. The SMILES string of the molecule is CCc1ccc2nc(CCCC3(C)CC=CC=C3C)[nH]c2c1. The first kappa shape index (κ1) is 15.1. The Labute approximate surface area is 133 Å². The highest BCUT2D eigenvalue weighted by atomic mass is 14.9. The summed E-state index contributed by atoms with van der Waals surface area (Å²) in [6.07, 6.45) is 12.4. The number of nitrogens with zero attached hydrogens (tertiary/aromatic N) is 1. The van der Waals surface area contributed by atoms with Crippen LogP contribution in [0.25, 0.3) is 11.0 Å². The number of aryl methyl sites for hydroxylation is 2. The quantitative estimate of drug-likeness (QED) is 0.790. The lowest BCUT2D eigenvalue weighted by Crippen LogP contribution is -2.19. The fourth-order valence-corrected chi connectivity index (χ4v) is 3.30. The molecule has 0 saturated heterocycles. The zero-order valence-corrected chi connectivity index (χ0v) is 13.9. The summed E-state index contributed by atoms with van der Waals surface area (Å²) >= 11 is 0. The number of fused-ring (bicyclic) bond motifs is 1. The molecular weight excluding hydrogens is 268 g/mol. The van der Waals surface area contributed by atoms with Crippen LogP contribution in [0.3, 0.4) is 0 Å². The van der Waals surface area contributed by atoms with E-state index in [1.807, 2.05) is 0 Å². The van der Waals surface area contributed by atoms with Gasteiger partial charge in [-0.15, -0.1) is 0 Å². The van der Waals surface area contributed by atoms with Gasteiger partial charge in [-0.05, 0) is 55.7 Å². The molecule has 22 heavy (non-hydrogen) atoms. The van der Waals surface area contributed by atoms with Crippen LogP contribution in [-0.2, 0) is 12.8 Å². The van der Waals surface area contributed by atoms with Crippen molar-refractivity contribution in [1.29, 1.82) is 0 Å². The minimum Gasteiger partial charge on any atom is -0.342 e. The average Bonchev–Trinajstić information content (AvgIpc) is 2.92. The number of benzene rings is 1. The van der Waals surface area contributed by atoms with Crippen LogP contribution >= 0.6 is 0 Å². The van der Waals surface area contributed by atoms with Gasteiger partial charge < -0.3 is 4.98 Å². The van der Waals surface area contributed by atoms with E-state index in [0.717, 1.165) is 30.6 Å². The molecule has 0 spiro atoms. The third-order valence-electron chi connectivity index (χ3n) is 5.15. The fourth-order valence-electron chi connectivity index (χ4n) is 3.30. The van der Waals surface area contributed by atoms with Gasteiger partial charge in [0.05, 0.1) is 11.0 Å². The third kappa shape index (κ3) is 3.01. The molecule has 116 valence electrons. The molecule has 1 aliphatic rings. The van der Waals surface area contributed by atoms with Gasteiger partial charge in [-0.3, -0.25) is 0 Å². The van der Waals surface area contributed by atoms with Gasteiger partial charge in [0.1, 0.15) is 5.82 Å². The third-order valence-corrected chi connectivity index (χ3v) is 5.15. The van der Waals surface area contributed by atoms with E-state index in [2.05, 4.69) is 62.2 Å². The Kier molecular flexibility index (Phi) is 4.19. The highest BCUT2D eigenvalue weighted by Crippen LogP contribution is 2.38. The number of nitrogens with one attached hydrogen (secondary N) is 1. The average molecular weight is 294 g/mol. The van der Waals surface area contributed by atoms with Crippen LogP contribution in [0.4, 0.5) is 0 Å². The van der Waals surface area contributed by atoms with E-state index in [0.29, 0.717) is 5.41 Å². The molecule has 1 atom stereocenters. The maximum atomic E-state index is 4.73. The van der Waals surface area contributed by atoms with Gasteiger partial charge in [-0.25, -0.2) is 4.98 Å². The van der Waals surface area contributed by atoms with Gasteiger partial charge in [0, 0.05) is 6.42 Å². The summed E-state index contributed by atoms with van der Waals surface area (Å²) in [6, 6.07) is 6.54. The second kappa shape index (κ2) is 6.12. The molecule has 1 N–H and O–H groups in total. The van der Waals surface area contributed by atoms with Crippen molar-refractivity contribution in [3.8, 4) is 0 Å². The number of rotatable bonds is 5. The normalized spacial score (nSPS) is 21.3. The number of aromatic nitrogens is 2. The number of hydrogen-bond donors (Lipinski definition) is 1. The monoisotopic (exact) mass is 294 g/mol. The topological polar surface area (TPSA) is 28.7 Å². The molecule has 2 heteroatoms. The van der Waals surface area contributed by atoms with Crippen LogP contribution in [0, 0.1) is 5.41 Å².